The molecule has 164 valence electrons. The first-order valence-electron chi connectivity index (χ1n) is 10.0. The van der Waals surface area contributed by atoms with E-state index in [4.69, 9.17) is 0 Å². The molecule has 1 aliphatic rings. The molecule has 2 aromatic carbocycles. The van der Waals surface area contributed by atoms with Crippen LogP contribution in [0, 0.1) is 5.82 Å². The third kappa shape index (κ3) is 4.30. The van der Waals surface area contributed by atoms with Crippen molar-refractivity contribution in [3.05, 3.63) is 59.9 Å². The summed E-state index contributed by atoms with van der Waals surface area (Å²) in [6.07, 6.45) is 1.43. The Labute approximate surface area is 178 Å². The third-order valence-corrected chi connectivity index (χ3v) is 9.49. The van der Waals surface area contributed by atoms with Gasteiger partial charge >= 0.3 is 0 Å². The maximum absolute atomic E-state index is 14.3. The fourth-order valence-electron chi connectivity index (χ4n) is 3.62. The van der Waals surface area contributed by atoms with Gasteiger partial charge in [0.1, 0.15) is 5.82 Å². The second-order valence-electron chi connectivity index (χ2n) is 7.32. The Kier molecular flexibility index (Phi) is 6.66. The zero-order valence-corrected chi connectivity index (χ0v) is 19.0. The smallest absolute Gasteiger partial charge is 0.207 e. The second kappa shape index (κ2) is 8.74. The number of hydrogen-bond acceptors (Lipinski definition) is 4. The number of sulfonamides is 2. The molecule has 0 heterocycles. The van der Waals surface area contributed by atoms with Crippen LogP contribution in [0.2, 0.25) is 0 Å². The number of benzene rings is 2. The zero-order chi connectivity index (χ0) is 22.1. The molecule has 0 bridgehead atoms. The molecule has 0 amide bonds. The van der Waals surface area contributed by atoms with E-state index in [0.717, 1.165) is 0 Å². The molecule has 1 fully saturated rings. The van der Waals surface area contributed by atoms with Gasteiger partial charge in [-0.15, -0.1) is 0 Å². The fourth-order valence-corrected chi connectivity index (χ4v) is 6.93. The van der Waals surface area contributed by atoms with Gasteiger partial charge in [-0.25, -0.2) is 21.2 Å². The molecule has 0 spiro atoms. The highest BCUT2D eigenvalue weighted by molar-refractivity contribution is 7.89. The maximum atomic E-state index is 14.3. The SMILES string of the molecule is CCN(CC)S(=O)(=O)c1ccc(S(=O)(=O)N(C2CC2)[C@@H](C)c2ccccc2F)cc1. The van der Waals surface area contributed by atoms with Crippen molar-refractivity contribution >= 4 is 20.0 Å². The number of hydrogen-bond donors (Lipinski definition) is 0. The van der Waals surface area contributed by atoms with Gasteiger partial charge in [0.05, 0.1) is 15.8 Å². The second-order valence-corrected chi connectivity index (χ2v) is 11.1. The van der Waals surface area contributed by atoms with E-state index in [0.29, 0.717) is 31.5 Å². The van der Waals surface area contributed by atoms with Gasteiger partial charge in [-0.3, -0.25) is 0 Å². The Morgan fingerprint density at radius 3 is 1.87 bits per heavy atom. The Morgan fingerprint density at radius 1 is 0.900 bits per heavy atom. The summed E-state index contributed by atoms with van der Waals surface area (Å²) in [7, 11) is -7.61. The van der Waals surface area contributed by atoms with Crippen LogP contribution in [0.5, 0.6) is 0 Å². The summed E-state index contributed by atoms with van der Waals surface area (Å²) in [4.78, 5) is 0.0429. The summed E-state index contributed by atoms with van der Waals surface area (Å²) in [6, 6.07) is 10.5. The van der Waals surface area contributed by atoms with E-state index in [9.17, 15) is 21.2 Å². The van der Waals surface area contributed by atoms with Crippen LogP contribution in [0.15, 0.2) is 58.3 Å². The van der Waals surface area contributed by atoms with Crippen LogP contribution in [0.1, 0.15) is 45.2 Å². The van der Waals surface area contributed by atoms with E-state index in [-0.39, 0.29) is 15.8 Å². The topological polar surface area (TPSA) is 74.8 Å². The largest absolute Gasteiger partial charge is 0.243 e. The first-order chi connectivity index (χ1) is 14.1. The van der Waals surface area contributed by atoms with Crippen LogP contribution in [0.3, 0.4) is 0 Å². The quantitative estimate of drug-likeness (QED) is 0.578. The van der Waals surface area contributed by atoms with Gasteiger partial charge in [-0.2, -0.15) is 8.61 Å². The lowest BCUT2D eigenvalue weighted by atomic mass is 10.1. The van der Waals surface area contributed by atoms with Gasteiger partial charge in [0.25, 0.3) is 0 Å². The van der Waals surface area contributed by atoms with Gasteiger partial charge in [0, 0.05) is 24.7 Å². The summed E-state index contributed by atoms with van der Waals surface area (Å²) >= 11 is 0. The highest BCUT2D eigenvalue weighted by Gasteiger charge is 2.42. The lowest BCUT2D eigenvalue weighted by Gasteiger charge is -2.29. The van der Waals surface area contributed by atoms with Crippen LogP contribution in [0.4, 0.5) is 4.39 Å². The molecule has 1 atom stereocenters. The fraction of sp³-hybridized carbons (Fsp3) is 0.429. The van der Waals surface area contributed by atoms with Gasteiger partial charge in [-0.1, -0.05) is 32.0 Å². The standard InChI is InChI=1S/C21H27FN2O4S2/c1-4-23(5-2)29(25,26)18-12-14-19(15-13-18)30(27,28)24(17-10-11-17)16(3)20-8-6-7-9-21(20)22/h6-9,12-17H,4-5,10-11H2,1-3H3/t16-/m0/s1. The summed E-state index contributed by atoms with van der Waals surface area (Å²) in [5.74, 6) is -0.452. The van der Waals surface area contributed by atoms with E-state index in [1.165, 1.54) is 38.9 Å². The van der Waals surface area contributed by atoms with Crippen molar-refractivity contribution in [2.24, 2.45) is 0 Å². The van der Waals surface area contributed by atoms with Crippen molar-refractivity contribution in [3.63, 3.8) is 0 Å². The number of halogens is 1. The molecule has 0 N–H and O–H groups in total. The van der Waals surface area contributed by atoms with Crippen LogP contribution < -0.4 is 0 Å². The lowest BCUT2D eigenvalue weighted by molar-refractivity contribution is 0.327. The Bertz CT molecular complexity index is 1090. The highest BCUT2D eigenvalue weighted by atomic mass is 32.2. The van der Waals surface area contributed by atoms with Crippen molar-refractivity contribution in [1.29, 1.82) is 0 Å². The van der Waals surface area contributed by atoms with E-state index >= 15 is 0 Å². The molecule has 2 aromatic rings. The van der Waals surface area contributed by atoms with E-state index < -0.39 is 31.9 Å². The molecule has 6 nitrogen and oxygen atoms in total. The predicted molar refractivity (Wildman–Crippen MR) is 113 cm³/mol. The molecule has 9 heteroatoms. The Balaban J connectivity index is 1.96. The van der Waals surface area contributed by atoms with Crippen molar-refractivity contribution in [2.75, 3.05) is 13.1 Å². The molecule has 1 saturated carbocycles. The lowest BCUT2D eigenvalue weighted by Crippen LogP contribution is -2.36. The zero-order valence-electron chi connectivity index (χ0n) is 17.3. The van der Waals surface area contributed by atoms with Crippen molar-refractivity contribution in [1.82, 2.24) is 8.61 Å². The predicted octanol–water partition coefficient (Wildman–Crippen LogP) is 3.77. The molecule has 3 rings (SSSR count). The van der Waals surface area contributed by atoms with Crippen molar-refractivity contribution in [3.8, 4) is 0 Å². The summed E-state index contributed by atoms with van der Waals surface area (Å²) in [6.45, 7) is 5.82. The Morgan fingerprint density at radius 2 is 1.40 bits per heavy atom. The highest BCUT2D eigenvalue weighted by Crippen LogP contribution is 2.39. The normalized spacial score (nSPS) is 16.2. The number of nitrogens with zero attached hydrogens (tertiary/aromatic N) is 2. The Hall–Kier alpha value is -1.81. The van der Waals surface area contributed by atoms with Crippen LogP contribution in [0.25, 0.3) is 0 Å². The average Bonchev–Trinajstić information content (AvgIpc) is 3.54. The first-order valence-corrected chi connectivity index (χ1v) is 12.9. The summed E-state index contributed by atoms with van der Waals surface area (Å²) in [5.41, 5.74) is 0.314. The van der Waals surface area contributed by atoms with Crippen LogP contribution >= 0.6 is 0 Å². The molecule has 0 unspecified atom stereocenters. The average molecular weight is 455 g/mol. The minimum atomic E-state index is -3.94. The van der Waals surface area contributed by atoms with Crippen LogP contribution in [-0.2, 0) is 20.0 Å². The van der Waals surface area contributed by atoms with Crippen molar-refractivity contribution in [2.45, 2.75) is 55.5 Å². The molecule has 0 aromatic heterocycles. The first kappa shape index (κ1) is 22.9. The molecule has 0 radical (unpaired) electrons. The monoisotopic (exact) mass is 454 g/mol. The van der Waals surface area contributed by atoms with E-state index in [1.807, 2.05) is 0 Å². The van der Waals surface area contributed by atoms with E-state index in [1.54, 1.807) is 39.0 Å². The molecule has 1 aliphatic carbocycles. The van der Waals surface area contributed by atoms with E-state index in [2.05, 4.69) is 0 Å². The number of rotatable bonds is 9. The molecule has 0 aliphatic heterocycles. The molecule has 30 heavy (non-hydrogen) atoms. The molecular formula is C21H27FN2O4S2. The minimum Gasteiger partial charge on any atom is -0.207 e. The van der Waals surface area contributed by atoms with Crippen molar-refractivity contribution < 1.29 is 21.2 Å². The van der Waals surface area contributed by atoms with Crippen LogP contribution in [-0.4, -0.2) is 44.6 Å². The van der Waals surface area contributed by atoms with Gasteiger partial charge in [0.2, 0.25) is 20.0 Å². The third-order valence-electron chi connectivity index (χ3n) is 5.39. The summed E-state index contributed by atoms with van der Waals surface area (Å²) < 4.78 is 69.1. The minimum absolute atomic E-state index is 0.00362. The van der Waals surface area contributed by atoms with Gasteiger partial charge in [0.15, 0.2) is 0 Å². The maximum Gasteiger partial charge on any atom is 0.243 e. The van der Waals surface area contributed by atoms with Gasteiger partial charge in [-0.05, 0) is 50.1 Å². The molecule has 0 saturated heterocycles. The molecular weight excluding hydrogens is 427 g/mol. The van der Waals surface area contributed by atoms with Gasteiger partial charge < -0.3 is 0 Å². The summed E-state index contributed by atoms with van der Waals surface area (Å²) in [5, 5.41) is 0.